The number of hydrogen-bond donors (Lipinski definition) is 1. The number of rotatable bonds is 4. The number of aliphatic carboxylic acids is 1. The fourth-order valence-electron chi connectivity index (χ4n) is 2.68. The van der Waals surface area contributed by atoms with Crippen molar-refractivity contribution in [2.24, 2.45) is 5.92 Å². The van der Waals surface area contributed by atoms with Gasteiger partial charge in [-0.1, -0.05) is 23.7 Å². The third-order valence-corrected chi connectivity index (χ3v) is 4.69. The molecule has 0 saturated carbocycles. The van der Waals surface area contributed by atoms with Gasteiger partial charge in [-0.05, 0) is 49.8 Å². The summed E-state index contributed by atoms with van der Waals surface area (Å²) in [5.74, 6) is -0.386. The molecule has 2 atom stereocenters. The van der Waals surface area contributed by atoms with E-state index in [2.05, 4.69) is 25.7 Å². The molecule has 1 aliphatic carbocycles. The highest BCUT2D eigenvalue weighted by molar-refractivity contribution is 6.70. The van der Waals surface area contributed by atoms with Gasteiger partial charge in [0.15, 0.2) is 0 Å². The van der Waals surface area contributed by atoms with Gasteiger partial charge in [-0.2, -0.15) is 0 Å². The predicted octanol–water partition coefficient (Wildman–Crippen LogP) is 4.65. The first-order valence-corrected chi connectivity index (χ1v) is 10.9. The van der Waals surface area contributed by atoms with E-state index < -0.39 is 20.2 Å². The summed E-state index contributed by atoms with van der Waals surface area (Å²) in [6.45, 7) is 6.32. The average molecular weight is 325 g/mol. The Bertz CT molecular complexity index is 546. The molecule has 0 amide bonds. The van der Waals surface area contributed by atoms with E-state index in [0.29, 0.717) is 17.9 Å². The van der Waals surface area contributed by atoms with E-state index >= 15 is 0 Å². The Balaban J connectivity index is 2.22. The molecule has 3 nitrogen and oxygen atoms in total. The first-order chi connectivity index (χ1) is 9.76. The molecule has 2 rings (SSSR count). The van der Waals surface area contributed by atoms with E-state index in [0.717, 1.165) is 11.3 Å². The summed E-state index contributed by atoms with van der Waals surface area (Å²) in [6, 6.07) is 7.46. The highest BCUT2D eigenvalue weighted by Crippen LogP contribution is 2.38. The zero-order valence-corrected chi connectivity index (χ0v) is 14.4. The molecule has 21 heavy (non-hydrogen) atoms. The molecule has 0 aliphatic heterocycles. The molecule has 0 aromatic heterocycles. The van der Waals surface area contributed by atoms with Crippen molar-refractivity contribution < 1.29 is 14.3 Å². The number of carboxylic acid groups (broad SMARTS) is 1. The SMILES string of the molecule is C[Si](C)(C)OC1=CCC(c2ccc(Cl)cc2)C(C(=O)O)C1. The molecule has 0 bridgehead atoms. The molecule has 2 unspecified atom stereocenters. The predicted molar refractivity (Wildman–Crippen MR) is 87.1 cm³/mol. The lowest BCUT2D eigenvalue weighted by Crippen LogP contribution is -2.30. The van der Waals surface area contributed by atoms with Crippen molar-refractivity contribution in [2.45, 2.75) is 38.4 Å². The van der Waals surface area contributed by atoms with Gasteiger partial charge < -0.3 is 9.53 Å². The summed E-state index contributed by atoms with van der Waals surface area (Å²) in [4.78, 5) is 11.6. The minimum atomic E-state index is -1.70. The van der Waals surface area contributed by atoms with Crippen molar-refractivity contribution in [3.05, 3.63) is 46.7 Å². The van der Waals surface area contributed by atoms with E-state index in [9.17, 15) is 9.90 Å². The lowest BCUT2D eigenvalue weighted by molar-refractivity contribution is -0.143. The van der Waals surface area contributed by atoms with Crippen LogP contribution in [0.1, 0.15) is 24.3 Å². The molecule has 1 aromatic rings. The normalized spacial score (nSPS) is 22.6. The van der Waals surface area contributed by atoms with E-state index in [1.165, 1.54) is 0 Å². The maximum atomic E-state index is 11.6. The topological polar surface area (TPSA) is 46.5 Å². The third-order valence-electron chi connectivity index (χ3n) is 3.56. The number of allylic oxidation sites excluding steroid dienone is 2. The van der Waals surface area contributed by atoms with Gasteiger partial charge in [-0.25, -0.2) is 0 Å². The molecule has 0 heterocycles. The van der Waals surface area contributed by atoms with E-state index in [-0.39, 0.29) is 5.92 Å². The van der Waals surface area contributed by atoms with Crippen molar-refractivity contribution in [2.75, 3.05) is 0 Å². The Labute approximate surface area is 131 Å². The summed E-state index contributed by atoms with van der Waals surface area (Å²) in [6.07, 6.45) is 3.21. The van der Waals surface area contributed by atoms with Crippen LogP contribution in [0, 0.1) is 5.92 Å². The van der Waals surface area contributed by atoms with Crippen LogP contribution in [-0.2, 0) is 9.22 Å². The van der Waals surface area contributed by atoms with Crippen molar-refractivity contribution in [3.63, 3.8) is 0 Å². The van der Waals surface area contributed by atoms with Gasteiger partial charge in [0, 0.05) is 17.4 Å². The van der Waals surface area contributed by atoms with E-state index in [1.807, 2.05) is 24.3 Å². The Morgan fingerprint density at radius 3 is 2.43 bits per heavy atom. The van der Waals surface area contributed by atoms with Crippen LogP contribution in [0.15, 0.2) is 36.1 Å². The maximum Gasteiger partial charge on any atom is 0.307 e. The molecule has 5 heteroatoms. The lowest BCUT2D eigenvalue weighted by atomic mass is 9.78. The van der Waals surface area contributed by atoms with Crippen molar-refractivity contribution in [3.8, 4) is 0 Å². The van der Waals surface area contributed by atoms with E-state index in [4.69, 9.17) is 16.0 Å². The van der Waals surface area contributed by atoms with Gasteiger partial charge >= 0.3 is 5.97 Å². The number of halogens is 1. The van der Waals surface area contributed by atoms with Crippen LogP contribution < -0.4 is 0 Å². The van der Waals surface area contributed by atoms with Crippen molar-refractivity contribution >= 4 is 25.9 Å². The Kier molecular flexibility index (Phi) is 4.79. The van der Waals surface area contributed by atoms with Crippen LogP contribution >= 0.6 is 11.6 Å². The van der Waals surface area contributed by atoms with Crippen LogP contribution in [0.25, 0.3) is 0 Å². The van der Waals surface area contributed by atoms with Gasteiger partial charge in [0.1, 0.15) is 0 Å². The maximum absolute atomic E-state index is 11.6. The molecule has 114 valence electrons. The minimum absolute atomic E-state index is 0.0197. The van der Waals surface area contributed by atoms with Gasteiger partial charge in [0.2, 0.25) is 8.32 Å². The third kappa shape index (κ3) is 4.35. The van der Waals surface area contributed by atoms with Crippen LogP contribution in [0.5, 0.6) is 0 Å². The van der Waals surface area contributed by atoms with Crippen LogP contribution in [0.4, 0.5) is 0 Å². The first kappa shape index (κ1) is 16.1. The molecular weight excluding hydrogens is 304 g/mol. The molecule has 1 aromatic carbocycles. The Morgan fingerprint density at radius 2 is 1.90 bits per heavy atom. The second-order valence-corrected chi connectivity index (χ2v) is 11.3. The summed E-state index contributed by atoms with van der Waals surface area (Å²) < 4.78 is 5.98. The highest BCUT2D eigenvalue weighted by atomic mass is 35.5. The quantitative estimate of drug-likeness (QED) is 0.820. The molecule has 0 saturated heterocycles. The molecule has 0 radical (unpaired) electrons. The smallest absolute Gasteiger partial charge is 0.307 e. The fraction of sp³-hybridized carbons (Fsp3) is 0.438. The van der Waals surface area contributed by atoms with Crippen LogP contribution in [0.3, 0.4) is 0 Å². The largest absolute Gasteiger partial charge is 0.548 e. The Morgan fingerprint density at radius 1 is 1.29 bits per heavy atom. The van der Waals surface area contributed by atoms with E-state index in [1.54, 1.807) is 0 Å². The average Bonchev–Trinajstić information content (AvgIpc) is 2.38. The molecule has 1 aliphatic rings. The standard InChI is InChI=1S/C16H21ClO3Si/c1-21(2,3)20-13-8-9-14(15(10-13)16(18)19)11-4-6-12(17)7-5-11/h4-8,14-15H,9-10H2,1-3H3,(H,18,19). The summed E-state index contributed by atoms with van der Waals surface area (Å²) in [5, 5.41) is 10.2. The van der Waals surface area contributed by atoms with Gasteiger partial charge in [-0.15, -0.1) is 0 Å². The first-order valence-electron chi connectivity index (χ1n) is 7.12. The second-order valence-electron chi connectivity index (χ2n) is 6.43. The molecule has 0 fully saturated rings. The minimum Gasteiger partial charge on any atom is -0.548 e. The number of benzene rings is 1. The van der Waals surface area contributed by atoms with Crippen LogP contribution in [0.2, 0.25) is 24.7 Å². The fourth-order valence-corrected chi connectivity index (χ4v) is 3.76. The number of carbonyl (C=O) groups is 1. The van der Waals surface area contributed by atoms with Gasteiger partial charge in [0.05, 0.1) is 11.7 Å². The zero-order valence-electron chi connectivity index (χ0n) is 12.6. The monoisotopic (exact) mass is 324 g/mol. The molecule has 0 spiro atoms. The molecule has 1 N–H and O–H groups in total. The summed E-state index contributed by atoms with van der Waals surface area (Å²) in [7, 11) is -1.70. The van der Waals surface area contributed by atoms with Crippen molar-refractivity contribution in [1.82, 2.24) is 0 Å². The number of hydrogen-bond acceptors (Lipinski definition) is 2. The molecular formula is C16H21ClO3Si. The number of carboxylic acids is 1. The second kappa shape index (κ2) is 6.24. The summed E-state index contributed by atoms with van der Waals surface area (Å²) in [5.41, 5.74) is 1.02. The van der Waals surface area contributed by atoms with Gasteiger partial charge in [-0.3, -0.25) is 4.79 Å². The highest BCUT2D eigenvalue weighted by Gasteiger charge is 2.34. The van der Waals surface area contributed by atoms with Gasteiger partial charge in [0.25, 0.3) is 0 Å². The van der Waals surface area contributed by atoms with Crippen LogP contribution in [-0.4, -0.2) is 19.4 Å². The van der Waals surface area contributed by atoms with Crippen molar-refractivity contribution in [1.29, 1.82) is 0 Å². The lowest BCUT2D eigenvalue weighted by Gasteiger charge is -2.32. The Hall–Kier alpha value is -1.26. The summed E-state index contributed by atoms with van der Waals surface area (Å²) >= 11 is 5.90. The zero-order chi connectivity index (χ0) is 15.6.